The number of allylic oxidation sites excluding steroid dienone is 8. The fourth-order valence-electron chi connectivity index (χ4n) is 6.78. The molecule has 276 valence electrons. The topological polar surface area (TPSA) is 0 Å². The minimum absolute atomic E-state index is 1.22. The summed E-state index contributed by atoms with van der Waals surface area (Å²) in [7, 11) is 0. The Morgan fingerprint density at radius 1 is 0.277 bits per heavy atom. The zero-order valence-electron chi connectivity index (χ0n) is 33.0. The Balaban J connectivity index is 3.12. The van der Waals surface area contributed by atoms with E-state index in [1.54, 1.807) is 0 Å². The second-order valence-corrected chi connectivity index (χ2v) is 15.3. The lowest BCUT2D eigenvalue weighted by Crippen LogP contribution is -1.85. The Morgan fingerprint density at radius 3 is 0.787 bits per heavy atom. The van der Waals surface area contributed by atoms with Gasteiger partial charge in [-0.1, -0.05) is 273 Å². The van der Waals surface area contributed by atoms with E-state index >= 15 is 0 Å². The smallest absolute Gasteiger partial charge is 0.0348 e. The molecular formula is C47H88. The van der Waals surface area contributed by atoms with Gasteiger partial charge in [-0.3, -0.25) is 0 Å². The van der Waals surface area contributed by atoms with Crippen molar-refractivity contribution in [3.05, 3.63) is 48.1 Å². The van der Waals surface area contributed by atoms with Gasteiger partial charge in [0.05, 0.1) is 0 Å². The fraction of sp³-hybridized carbons (Fsp3) is 0.830. The zero-order chi connectivity index (χ0) is 34.0. The molecule has 0 spiro atoms. The molecule has 0 atom stereocenters. The summed E-state index contributed by atoms with van der Waals surface area (Å²) < 4.78 is 0. The largest absolute Gasteiger partial charge is 0.0845 e. The predicted molar refractivity (Wildman–Crippen MR) is 219 cm³/mol. The van der Waals surface area contributed by atoms with Crippen molar-refractivity contribution in [1.82, 2.24) is 0 Å². The number of unbranched alkanes of at least 4 members (excludes halogenated alkanes) is 35. The molecule has 0 aliphatic heterocycles. The summed E-state index contributed by atoms with van der Waals surface area (Å²) in [6.07, 6.45) is 67.8. The summed E-state index contributed by atoms with van der Waals surface area (Å²) in [6, 6.07) is 0. The van der Waals surface area contributed by atoms with Crippen LogP contribution >= 0.6 is 0 Å². The van der Waals surface area contributed by atoms with E-state index in [-0.39, 0.29) is 0 Å². The minimum atomic E-state index is 1.22. The van der Waals surface area contributed by atoms with Crippen LogP contribution in [-0.4, -0.2) is 0 Å². The van der Waals surface area contributed by atoms with E-state index in [0.717, 1.165) is 0 Å². The lowest BCUT2D eigenvalue weighted by molar-refractivity contribution is 0.511. The van der Waals surface area contributed by atoms with Gasteiger partial charge >= 0.3 is 0 Å². The molecule has 0 radical (unpaired) electrons. The van der Waals surface area contributed by atoms with Gasteiger partial charge in [-0.25, -0.2) is 0 Å². The minimum Gasteiger partial charge on any atom is -0.0845 e. The highest BCUT2D eigenvalue weighted by molar-refractivity contribution is 5.17. The number of hydrogen-bond acceptors (Lipinski definition) is 0. The average molecular weight is 653 g/mol. The standard InChI is InChI=1S/C47H88/c1-4-5-6-7-8-9-10-11-12-13-14-15-16-17-18-19-20-21-22-23-24-25-26-27-28-29-30-31-32-33-34-35-36-37-38-39-40-41-42-43-44-45-46-47(2)3/h40-46H,4-39H2,1-3H3. The first kappa shape index (κ1) is 46.0. The summed E-state index contributed by atoms with van der Waals surface area (Å²) in [6.45, 7) is 6.56. The van der Waals surface area contributed by atoms with Crippen molar-refractivity contribution in [3.63, 3.8) is 0 Å². The van der Waals surface area contributed by atoms with E-state index in [2.05, 4.69) is 63.3 Å². The fourth-order valence-corrected chi connectivity index (χ4v) is 6.78. The van der Waals surface area contributed by atoms with Crippen molar-refractivity contribution in [3.8, 4) is 0 Å². The van der Waals surface area contributed by atoms with Crippen LogP contribution in [0.5, 0.6) is 0 Å². The van der Waals surface area contributed by atoms with Crippen LogP contribution < -0.4 is 0 Å². The van der Waals surface area contributed by atoms with Crippen LogP contribution in [0.15, 0.2) is 48.1 Å². The van der Waals surface area contributed by atoms with Crippen LogP contribution in [0.3, 0.4) is 0 Å². The van der Waals surface area contributed by atoms with Gasteiger partial charge in [-0.15, -0.1) is 0 Å². The first-order valence-electron chi connectivity index (χ1n) is 21.9. The first-order chi connectivity index (χ1) is 23.3. The summed E-state index contributed by atoms with van der Waals surface area (Å²) in [4.78, 5) is 0. The van der Waals surface area contributed by atoms with Gasteiger partial charge in [-0.2, -0.15) is 0 Å². The van der Waals surface area contributed by atoms with E-state index in [1.807, 2.05) is 0 Å². The van der Waals surface area contributed by atoms with E-state index in [0.29, 0.717) is 0 Å². The molecule has 0 unspecified atom stereocenters. The zero-order valence-corrected chi connectivity index (χ0v) is 33.0. The normalized spacial score (nSPS) is 12.0. The molecule has 0 heteroatoms. The summed E-state index contributed by atoms with van der Waals surface area (Å²) in [5.74, 6) is 0. The highest BCUT2D eigenvalue weighted by atomic mass is 14.0. The van der Waals surface area contributed by atoms with Gasteiger partial charge in [0.1, 0.15) is 0 Å². The average Bonchev–Trinajstić information content (AvgIpc) is 3.07. The van der Waals surface area contributed by atoms with Crippen molar-refractivity contribution >= 4 is 0 Å². The lowest BCUT2D eigenvalue weighted by atomic mass is 10.0. The van der Waals surface area contributed by atoms with E-state index < -0.39 is 0 Å². The first-order valence-corrected chi connectivity index (χ1v) is 21.9. The molecule has 0 bridgehead atoms. The second kappa shape index (κ2) is 43.0. The van der Waals surface area contributed by atoms with Crippen LogP contribution in [0.4, 0.5) is 0 Å². The van der Waals surface area contributed by atoms with Gasteiger partial charge in [0.15, 0.2) is 0 Å². The highest BCUT2D eigenvalue weighted by Gasteiger charge is 1.97. The van der Waals surface area contributed by atoms with Crippen molar-refractivity contribution in [2.24, 2.45) is 0 Å². The maximum atomic E-state index is 2.31. The summed E-state index contributed by atoms with van der Waals surface area (Å²) in [5, 5.41) is 0. The van der Waals surface area contributed by atoms with Crippen molar-refractivity contribution in [1.29, 1.82) is 0 Å². The van der Waals surface area contributed by atoms with E-state index in [9.17, 15) is 0 Å². The third kappa shape index (κ3) is 45.0. The molecule has 0 N–H and O–H groups in total. The van der Waals surface area contributed by atoms with Gasteiger partial charge in [0.25, 0.3) is 0 Å². The van der Waals surface area contributed by atoms with Crippen LogP contribution in [0.25, 0.3) is 0 Å². The number of rotatable bonds is 39. The summed E-state index contributed by atoms with van der Waals surface area (Å²) >= 11 is 0. The van der Waals surface area contributed by atoms with Crippen molar-refractivity contribution in [2.45, 2.75) is 252 Å². The molecule has 0 nitrogen and oxygen atoms in total. The predicted octanol–water partition coefficient (Wildman–Crippen LogP) is 17.7. The summed E-state index contributed by atoms with van der Waals surface area (Å²) in [5.41, 5.74) is 1.34. The number of hydrogen-bond donors (Lipinski definition) is 0. The molecule has 0 amide bonds. The van der Waals surface area contributed by atoms with Gasteiger partial charge in [0, 0.05) is 0 Å². The van der Waals surface area contributed by atoms with Crippen LogP contribution in [0, 0.1) is 0 Å². The molecule has 0 aromatic carbocycles. The maximum Gasteiger partial charge on any atom is -0.0348 e. The molecule has 0 saturated carbocycles. The van der Waals surface area contributed by atoms with Crippen molar-refractivity contribution in [2.75, 3.05) is 0 Å². The molecule has 0 aromatic heterocycles. The molecule has 0 heterocycles. The Bertz CT molecular complexity index is 672. The van der Waals surface area contributed by atoms with Gasteiger partial charge in [-0.05, 0) is 26.7 Å². The van der Waals surface area contributed by atoms with Crippen LogP contribution in [0.2, 0.25) is 0 Å². The monoisotopic (exact) mass is 653 g/mol. The van der Waals surface area contributed by atoms with Crippen molar-refractivity contribution < 1.29 is 0 Å². The molecule has 0 fully saturated rings. The molecule has 0 aromatic rings. The van der Waals surface area contributed by atoms with Crippen LogP contribution in [-0.2, 0) is 0 Å². The quantitative estimate of drug-likeness (QED) is 0.0458. The molecule has 0 aliphatic carbocycles. The Labute approximate surface area is 299 Å². The van der Waals surface area contributed by atoms with E-state index in [1.165, 1.54) is 237 Å². The third-order valence-electron chi connectivity index (χ3n) is 9.98. The Hall–Kier alpha value is -1.04. The molecule has 0 aliphatic rings. The Morgan fingerprint density at radius 2 is 0.511 bits per heavy atom. The van der Waals surface area contributed by atoms with E-state index in [4.69, 9.17) is 0 Å². The molecule has 0 saturated heterocycles. The Kier molecular flexibility index (Phi) is 42.0. The maximum absolute atomic E-state index is 2.31. The third-order valence-corrected chi connectivity index (χ3v) is 9.98. The SMILES string of the molecule is CCCCCCCCCCCCCCCCCCCCCCCCCCCCCCCCCCCCCC=CC=CC=CC=C(C)C. The molecule has 47 heavy (non-hydrogen) atoms. The highest BCUT2D eigenvalue weighted by Crippen LogP contribution is 2.17. The van der Waals surface area contributed by atoms with Gasteiger partial charge in [0.2, 0.25) is 0 Å². The van der Waals surface area contributed by atoms with Crippen LogP contribution in [0.1, 0.15) is 252 Å². The molecular weight excluding hydrogens is 565 g/mol. The molecule has 0 rings (SSSR count). The second-order valence-electron chi connectivity index (χ2n) is 15.3. The lowest BCUT2D eigenvalue weighted by Gasteiger charge is -2.05. The van der Waals surface area contributed by atoms with Gasteiger partial charge < -0.3 is 0 Å².